The van der Waals surface area contributed by atoms with Gasteiger partial charge in [0.05, 0.1) is 23.2 Å². The molecule has 1 unspecified atom stereocenters. The molecule has 0 aliphatic carbocycles. The van der Waals surface area contributed by atoms with Crippen LogP contribution in [0.1, 0.15) is 31.7 Å². The molecule has 2 aromatic carbocycles. The first-order valence-electron chi connectivity index (χ1n) is 10.6. The van der Waals surface area contributed by atoms with E-state index in [9.17, 15) is 18.3 Å². The van der Waals surface area contributed by atoms with Gasteiger partial charge < -0.3 is 15.3 Å². The predicted molar refractivity (Wildman–Crippen MR) is 123 cm³/mol. The van der Waals surface area contributed by atoms with Crippen molar-refractivity contribution in [3.05, 3.63) is 54.1 Å². The third-order valence-electron chi connectivity index (χ3n) is 5.38. The summed E-state index contributed by atoms with van der Waals surface area (Å²) in [6.07, 6.45) is 2.57. The van der Waals surface area contributed by atoms with Gasteiger partial charge in [0.15, 0.2) is 0 Å². The highest BCUT2D eigenvalue weighted by atomic mass is 32.2. The number of rotatable bonds is 8. The van der Waals surface area contributed by atoms with Gasteiger partial charge in [-0.3, -0.25) is 9.10 Å². The van der Waals surface area contributed by atoms with Gasteiger partial charge in [0, 0.05) is 19.2 Å². The number of carbonyl (C=O) groups excluding carboxylic acids is 1. The zero-order chi connectivity index (χ0) is 22.4. The minimum atomic E-state index is -3.88. The molecule has 0 saturated carbocycles. The van der Waals surface area contributed by atoms with Gasteiger partial charge in [0.2, 0.25) is 5.91 Å². The van der Waals surface area contributed by atoms with Gasteiger partial charge in [-0.1, -0.05) is 24.1 Å². The summed E-state index contributed by atoms with van der Waals surface area (Å²) in [4.78, 5) is 13.6. The Morgan fingerprint density at radius 3 is 2.26 bits per heavy atom. The van der Waals surface area contributed by atoms with Crippen molar-refractivity contribution in [2.24, 2.45) is 0 Å². The van der Waals surface area contributed by atoms with Crippen molar-refractivity contribution in [2.45, 2.75) is 44.1 Å². The van der Waals surface area contributed by atoms with Gasteiger partial charge >= 0.3 is 0 Å². The molecule has 2 aromatic rings. The van der Waals surface area contributed by atoms with Crippen molar-refractivity contribution < 1.29 is 18.3 Å². The molecule has 7 nitrogen and oxygen atoms in total. The first-order chi connectivity index (χ1) is 14.8. The van der Waals surface area contributed by atoms with Gasteiger partial charge in [-0.15, -0.1) is 0 Å². The van der Waals surface area contributed by atoms with E-state index in [2.05, 4.69) is 10.2 Å². The number of likely N-dealkylation sites (tertiary alicyclic amines) is 1. The van der Waals surface area contributed by atoms with E-state index in [0.717, 1.165) is 31.5 Å². The first-order valence-corrected chi connectivity index (χ1v) is 12.1. The summed E-state index contributed by atoms with van der Waals surface area (Å²) in [6, 6.07) is 13.3. The van der Waals surface area contributed by atoms with Crippen molar-refractivity contribution in [1.82, 2.24) is 4.90 Å². The second kappa shape index (κ2) is 10.3. The van der Waals surface area contributed by atoms with Gasteiger partial charge in [0.1, 0.15) is 0 Å². The van der Waals surface area contributed by atoms with E-state index in [4.69, 9.17) is 0 Å². The molecule has 1 amide bonds. The molecule has 0 radical (unpaired) electrons. The first kappa shape index (κ1) is 23.2. The number of aryl methyl sites for hydroxylation is 1. The van der Waals surface area contributed by atoms with Crippen LogP contribution in [-0.2, 0) is 14.8 Å². The van der Waals surface area contributed by atoms with E-state index in [1.165, 1.54) is 17.6 Å². The van der Waals surface area contributed by atoms with Crippen LogP contribution in [0.3, 0.4) is 0 Å². The van der Waals surface area contributed by atoms with Crippen LogP contribution in [0.5, 0.6) is 0 Å². The minimum Gasteiger partial charge on any atom is -0.390 e. The smallest absolute Gasteiger partial charge is 0.264 e. The lowest BCUT2D eigenvalue weighted by molar-refractivity contribution is -0.114. The summed E-state index contributed by atoms with van der Waals surface area (Å²) in [6.45, 7) is 5.55. The molecule has 2 N–H and O–H groups in total. The Morgan fingerprint density at radius 2 is 1.68 bits per heavy atom. The normalized spacial score (nSPS) is 16.0. The standard InChI is InChI=1S/C23H31N3O4S/c1-18-6-12-23(13-7-18)31(29,30)26(17-22(28)16-25-14-4-3-5-15-25)21-10-8-20(9-11-21)24-19(2)27/h6-13,22,28H,3-5,14-17H2,1-2H3,(H,24,27). The Morgan fingerprint density at radius 1 is 1.06 bits per heavy atom. The SMILES string of the molecule is CC(=O)Nc1ccc(N(CC(O)CN2CCCCC2)S(=O)(=O)c2ccc(C)cc2)cc1. The molecule has 0 spiro atoms. The minimum absolute atomic E-state index is 0.0494. The van der Waals surface area contributed by atoms with Crippen LogP contribution in [0.15, 0.2) is 53.4 Å². The second-order valence-corrected chi connectivity index (χ2v) is 9.95. The number of β-amino-alcohol motifs (C(OH)–C–C–N with tert-alkyl or cyclic N) is 1. The Kier molecular flexibility index (Phi) is 7.69. The monoisotopic (exact) mass is 445 g/mol. The Bertz CT molecular complexity index is 969. The van der Waals surface area contributed by atoms with Crippen molar-refractivity contribution in [3.8, 4) is 0 Å². The fourth-order valence-electron chi connectivity index (χ4n) is 3.78. The van der Waals surface area contributed by atoms with E-state index < -0.39 is 16.1 Å². The van der Waals surface area contributed by atoms with E-state index in [1.807, 2.05) is 6.92 Å². The van der Waals surface area contributed by atoms with Crippen molar-refractivity contribution in [3.63, 3.8) is 0 Å². The molecule has 31 heavy (non-hydrogen) atoms. The number of anilines is 2. The average molecular weight is 446 g/mol. The lowest BCUT2D eigenvalue weighted by Gasteiger charge is -2.31. The lowest BCUT2D eigenvalue weighted by atomic mass is 10.1. The molecule has 168 valence electrons. The predicted octanol–water partition coefficient (Wildman–Crippen LogP) is 3.00. The van der Waals surface area contributed by atoms with Crippen molar-refractivity contribution >= 4 is 27.3 Å². The highest BCUT2D eigenvalue weighted by Gasteiger charge is 2.28. The number of carbonyl (C=O) groups is 1. The average Bonchev–Trinajstić information content (AvgIpc) is 2.73. The van der Waals surface area contributed by atoms with Crippen LogP contribution in [0.2, 0.25) is 0 Å². The summed E-state index contributed by atoms with van der Waals surface area (Å²) in [7, 11) is -3.88. The number of amides is 1. The maximum Gasteiger partial charge on any atom is 0.264 e. The van der Waals surface area contributed by atoms with E-state index in [1.54, 1.807) is 48.5 Å². The zero-order valence-corrected chi connectivity index (χ0v) is 18.9. The summed E-state index contributed by atoms with van der Waals surface area (Å²) >= 11 is 0. The number of aliphatic hydroxyl groups excluding tert-OH is 1. The molecule has 1 aliphatic heterocycles. The second-order valence-electron chi connectivity index (χ2n) is 8.09. The molecule has 1 atom stereocenters. The van der Waals surface area contributed by atoms with Crippen molar-refractivity contribution in [1.29, 1.82) is 0 Å². The van der Waals surface area contributed by atoms with Gasteiger partial charge in [0.25, 0.3) is 10.0 Å². The molecular weight excluding hydrogens is 414 g/mol. The molecule has 1 fully saturated rings. The Balaban J connectivity index is 1.87. The number of piperidine rings is 1. The topological polar surface area (TPSA) is 90.0 Å². The van der Waals surface area contributed by atoms with Crippen LogP contribution in [0.25, 0.3) is 0 Å². The molecule has 3 rings (SSSR count). The lowest BCUT2D eigenvalue weighted by Crippen LogP contribution is -2.44. The summed E-state index contributed by atoms with van der Waals surface area (Å²) in [5, 5.41) is 13.4. The summed E-state index contributed by atoms with van der Waals surface area (Å²) in [5.74, 6) is -0.200. The fourth-order valence-corrected chi connectivity index (χ4v) is 5.29. The Hall–Kier alpha value is -2.42. The fraction of sp³-hybridized carbons (Fsp3) is 0.435. The number of aliphatic hydroxyl groups is 1. The van der Waals surface area contributed by atoms with Gasteiger partial charge in [-0.25, -0.2) is 8.42 Å². The summed E-state index contributed by atoms with van der Waals surface area (Å²) < 4.78 is 28.2. The van der Waals surface area contributed by atoms with E-state index >= 15 is 0 Å². The molecule has 1 aliphatic rings. The number of benzene rings is 2. The number of sulfonamides is 1. The highest BCUT2D eigenvalue weighted by Crippen LogP contribution is 2.26. The maximum absolute atomic E-state index is 13.5. The molecule has 0 bridgehead atoms. The van der Waals surface area contributed by atoms with Crippen LogP contribution in [0.4, 0.5) is 11.4 Å². The molecule has 1 heterocycles. The molecule has 1 saturated heterocycles. The number of nitrogens with zero attached hydrogens (tertiary/aromatic N) is 2. The zero-order valence-electron chi connectivity index (χ0n) is 18.1. The maximum atomic E-state index is 13.5. The van der Waals surface area contributed by atoms with Crippen molar-refractivity contribution in [2.75, 3.05) is 35.8 Å². The third kappa shape index (κ3) is 6.29. The Labute approximate surface area is 184 Å². The van der Waals surface area contributed by atoms with Gasteiger partial charge in [-0.2, -0.15) is 0 Å². The summed E-state index contributed by atoms with van der Waals surface area (Å²) in [5.41, 5.74) is 1.99. The van der Waals surface area contributed by atoms with E-state index in [0.29, 0.717) is 17.9 Å². The van der Waals surface area contributed by atoms with Crippen LogP contribution < -0.4 is 9.62 Å². The molecular formula is C23H31N3O4S. The number of hydrogen-bond donors (Lipinski definition) is 2. The molecule has 0 aromatic heterocycles. The number of hydrogen-bond acceptors (Lipinski definition) is 5. The van der Waals surface area contributed by atoms with E-state index in [-0.39, 0.29) is 17.3 Å². The van der Waals surface area contributed by atoms with Crippen LogP contribution >= 0.6 is 0 Å². The molecule has 8 heteroatoms. The van der Waals surface area contributed by atoms with Crippen LogP contribution in [-0.4, -0.2) is 56.6 Å². The number of nitrogens with one attached hydrogen (secondary N) is 1. The van der Waals surface area contributed by atoms with Gasteiger partial charge in [-0.05, 0) is 69.3 Å². The largest absolute Gasteiger partial charge is 0.390 e. The quantitative estimate of drug-likeness (QED) is 0.652. The highest BCUT2D eigenvalue weighted by molar-refractivity contribution is 7.92. The third-order valence-corrected chi connectivity index (χ3v) is 7.19. The van der Waals surface area contributed by atoms with Crippen LogP contribution in [0, 0.1) is 6.92 Å².